The van der Waals surface area contributed by atoms with Crippen LogP contribution < -0.4 is 0 Å². The summed E-state index contributed by atoms with van der Waals surface area (Å²) in [4.78, 5) is 0. The van der Waals surface area contributed by atoms with E-state index in [2.05, 4.69) is 53.7 Å². The van der Waals surface area contributed by atoms with Crippen LogP contribution in [-0.4, -0.2) is 27.0 Å². The summed E-state index contributed by atoms with van der Waals surface area (Å²) < 4.78 is 0. The van der Waals surface area contributed by atoms with Crippen molar-refractivity contribution < 1.29 is 15.3 Å². The molecule has 1 aliphatic rings. The smallest absolute Gasteiger partial charge is 0.123 e. The number of hydrogen-bond donors (Lipinski definition) is 3. The predicted octanol–water partition coefficient (Wildman–Crippen LogP) is 6.47. The molecule has 0 saturated heterocycles. The van der Waals surface area contributed by atoms with Gasteiger partial charge in [0.15, 0.2) is 0 Å². The molecule has 2 rings (SSSR count). The summed E-state index contributed by atoms with van der Waals surface area (Å²) in [6.07, 6.45) is 5.49. The molecule has 0 amide bonds. The van der Waals surface area contributed by atoms with E-state index in [0.717, 1.165) is 47.1 Å². The third kappa shape index (κ3) is 4.64. The Bertz CT molecular complexity index is 879. The number of benzene rings is 1. The third-order valence-corrected chi connectivity index (χ3v) is 7.07. The molecule has 0 aliphatic heterocycles. The van der Waals surface area contributed by atoms with E-state index in [1.807, 2.05) is 33.8 Å². The SMILES string of the molecule is CCCCC(C)(C1=CC(C)=CC(O)(C(C)(C)C)C1O)c1cc(C)cc(C(C)(C)C)c1O. The fourth-order valence-electron chi connectivity index (χ4n) is 4.85. The van der Waals surface area contributed by atoms with Gasteiger partial charge in [-0.2, -0.15) is 0 Å². The van der Waals surface area contributed by atoms with Crippen molar-refractivity contribution in [2.24, 2.45) is 5.41 Å². The Balaban J connectivity index is 2.82. The summed E-state index contributed by atoms with van der Waals surface area (Å²) in [6, 6.07) is 4.11. The minimum absolute atomic E-state index is 0.210. The molecular weight excluding hydrogens is 384 g/mol. The van der Waals surface area contributed by atoms with Gasteiger partial charge in [-0.05, 0) is 48.3 Å². The maximum absolute atomic E-state index is 11.6. The van der Waals surface area contributed by atoms with Crippen molar-refractivity contribution >= 4 is 0 Å². The molecular formula is C28H44O3. The highest BCUT2D eigenvalue weighted by Gasteiger charge is 2.51. The molecule has 3 nitrogen and oxygen atoms in total. The molecule has 0 radical (unpaired) electrons. The maximum atomic E-state index is 11.6. The lowest BCUT2D eigenvalue weighted by Gasteiger charge is -2.49. The van der Waals surface area contributed by atoms with Gasteiger partial charge in [0.25, 0.3) is 0 Å². The first-order valence-electron chi connectivity index (χ1n) is 11.7. The molecule has 31 heavy (non-hydrogen) atoms. The zero-order valence-corrected chi connectivity index (χ0v) is 21.3. The molecule has 0 saturated carbocycles. The number of rotatable bonds is 5. The highest BCUT2D eigenvalue weighted by Crippen LogP contribution is 2.51. The van der Waals surface area contributed by atoms with E-state index in [-0.39, 0.29) is 5.41 Å². The van der Waals surface area contributed by atoms with Crippen molar-refractivity contribution in [2.75, 3.05) is 0 Å². The van der Waals surface area contributed by atoms with Gasteiger partial charge >= 0.3 is 0 Å². The molecule has 0 fully saturated rings. The van der Waals surface area contributed by atoms with Crippen molar-refractivity contribution in [1.82, 2.24) is 0 Å². The lowest BCUT2D eigenvalue weighted by atomic mass is 9.60. The van der Waals surface area contributed by atoms with Gasteiger partial charge in [-0.15, -0.1) is 0 Å². The molecule has 1 aromatic rings. The Morgan fingerprint density at radius 2 is 1.52 bits per heavy atom. The maximum Gasteiger partial charge on any atom is 0.123 e. The minimum Gasteiger partial charge on any atom is -0.507 e. The summed E-state index contributed by atoms with van der Waals surface area (Å²) in [6.45, 7) is 20.5. The van der Waals surface area contributed by atoms with E-state index in [0.29, 0.717) is 5.75 Å². The zero-order chi connectivity index (χ0) is 24.0. The van der Waals surface area contributed by atoms with Crippen molar-refractivity contribution in [3.05, 3.63) is 52.1 Å². The number of allylic oxidation sites excluding steroid dienone is 2. The van der Waals surface area contributed by atoms with Crippen LogP contribution in [0.4, 0.5) is 0 Å². The quantitative estimate of drug-likeness (QED) is 0.503. The number of unbranched alkanes of at least 4 members (excludes halogenated alkanes) is 1. The number of hydrogen-bond acceptors (Lipinski definition) is 3. The molecule has 3 unspecified atom stereocenters. The van der Waals surface area contributed by atoms with E-state index < -0.39 is 22.5 Å². The highest BCUT2D eigenvalue weighted by molar-refractivity contribution is 5.56. The standard InChI is InChI=1S/C28H44O3/c1-11-12-13-27(10,21-15-18(2)14-20(23(21)29)25(4,5)6)22-16-19(3)17-28(31,24(22)30)26(7,8)9/h14-17,24,29-31H,11-13H2,1-10H3. The summed E-state index contributed by atoms with van der Waals surface area (Å²) in [5.74, 6) is 0.302. The number of aryl methyl sites for hydroxylation is 1. The summed E-state index contributed by atoms with van der Waals surface area (Å²) >= 11 is 0. The predicted molar refractivity (Wildman–Crippen MR) is 131 cm³/mol. The van der Waals surface area contributed by atoms with Gasteiger partial charge in [0.1, 0.15) is 17.5 Å². The second-order valence-corrected chi connectivity index (χ2v) is 11.9. The van der Waals surface area contributed by atoms with Gasteiger partial charge < -0.3 is 15.3 Å². The Labute approximate surface area is 189 Å². The Kier molecular flexibility index (Phi) is 6.96. The third-order valence-electron chi connectivity index (χ3n) is 7.07. The first-order chi connectivity index (χ1) is 14.0. The van der Waals surface area contributed by atoms with Crippen LogP contribution in [0, 0.1) is 12.3 Å². The number of aromatic hydroxyl groups is 1. The molecule has 0 aromatic heterocycles. The lowest BCUT2D eigenvalue weighted by Crippen LogP contribution is -2.55. The van der Waals surface area contributed by atoms with Crippen molar-refractivity contribution in [2.45, 2.75) is 111 Å². The average Bonchev–Trinajstić information content (AvgIpc) is 2.62. The average molecular weight is 429 g/mol. The topological polar surface area (TPSA) is 60.7 Å². The molecule has 1 aliphatic carbocycles. The number of aliphatic hydroxyl groups is 2. The lowest BCUT2D eigenvalue weighted by molar-refractivity contribution is -0.0972. The van der Waals surface area contributed by atoms with Crippen LogP contribution in [0.15, 0.2) is 35.4 Å². The molecule has 3 heteroatoms. The van der Waals surface area contributed by atoms with E-state index >= 15 is 0 Å². The van der Waals surface area contributed by atoms with Gasteiger partial charge in [0, 0.05) is 11.0 Å². The van der Waals surface area contributed by atoms with Crippen molar-refractivity contribution in [1.29, 1.82) is 0 Å². The van der Waals surface area contributed by atoms with Crippen molar-refractivity contribution in [3.8, 4) is 5.75 Å². The molecule has 0 bridgehead atoms. The second kappa shape index (κ2) is 8.41. The highest BCUT2D eigenvalue weighted by atomic mass is 16.3. The molecule has 3 atom stereocenters. The Hall–Kier alpha value is -1.58. The Morgan fingerprint density at radius 3 is 2.00 bits per heavy atom. The summed E-state index contributed by atoms with van der Waals surface area (Å²) in [5.41, 5.74) is 1.78. The first-order valence-corrected chi connectivity index (χ1v) is 11.7. The van der Waals surface area contributed by atoms with Crippen LogP contribution in [0.3, 0.4) is 0 Å². The van der Waals surface area contributed by atoms with E-state index in [1.54, 1.807) is 6.08 Å². The zero-order valence-electron chi connectivity index (χ0n) is 21.3. The van der Waals surface area contributed by atoms with Crippen LogP contribution in [0.2, 0.25) is 0 Å². The molecule has 0 heterocycles. The van der Waals surface area contributed by atoms with Gasteiger partial charge in [0.2, 0.25) is 0 Å². The van der Waals surface area contributed by atoms with E-state index in [1.165, 1.54) is 0 Å². The normalized spacial score (nSPS) is 24.5. The number of phenols is 1. The number of aliphatic hydroxyl groups excluding tert-OH is 1. The van der Waals surface area contributed by atoms with Gasteiger partial charge in [-0.25, -0.2) is 0 Å². The second-order valence-electron chi connectivity index (χ2n) is 11.9. The van der Waals surface area contributed by atoms with Crippen LogP contribution in [0.1, 0.15) is 98.3 Å². The molecule has 174 valence electrons. The molecule has 3 N–H and O–H groups in total. The van der Waals surface area contributed by atoms with Crippen LogP contribution in [-0.2, 0) is 10.8 Å². The van der Waals surface area contributed by atoms with Crippen LogP contribution in [0.25, 0.3) is 0 Å². The fraction of sp³-hybridized carbons (Fsp3) is 0.643. The van der Waals surface area contributed by atoms with Gasteiger partial charge in [-0.1, -0.05) is 97.6 Å². The summed E-state index contributed by atoms with van der Waals surface area (Å²) in [7, 11) is 0. The number of phenolic OH excluding ortho intramolecular Hbond substituents is 1. The first kappa shape index (κ1) is 25.7. The van der Waals surface area contributed by atoms with Crippen LogP contribution >= 0.6 is 0 Å². The fourth-order valence-corrected chi connectivity index (χ4v) is 4.85. The van der Waals surface area contributed by atoms with Crippen LogP contribution in [0.5, 0.6) is 5.75 Å². The van der Waals surface area contributed by atoms with Gasteiger partial charge in [0.05, 0.1) is 0 Å². The van der Waals surface area contributed by atoms with E-state index in [9.17, 15) is 15.3 Å². The monoisotopic (exact) mass is 428 g/mol. The van der Waals surface area contributed by atoms with E-state index in [4.69, 9.17) is 0 Å². The van der Waals surface area contributed by atoms with Crippen molar-refractivity contribution in [3.63, 3.8) is 0 Å². The molecule has 1 aromatic carbocycles. The largest absolute Gasteiger partial charge is 0.507 e. The van der Waals surface area contributed by atoms with Gasteiger partial charge in [-0.3, -0.25) is 0 Å². The molecule has 0 spiro atoms. The Morgan fingerprint density at radius 1 is 0.968 bits per heavy atom. The summed E-state index contributed by atoms with van der Waals surface area (Å²) in [5, 5.41) is 34.7. The minimum atomic E-state index is -1.39.